The Morgan fingerprint density at radius 2 is 1.39 bits per heavy atom. The molecule has 0 saturated heterocycles. The Morgan fingerprint density at radius 1 is 0.839 bits per heavy atom. The van der Waals surface area contributed by atoms with Gasteiger partial charge >= 0.3 is 12.4 Å². The summed E-state index contributed by atoms with van der Waals surface area (Å²) >= 11 is 0. The molecule has 0 radical (unpaired) electrons. The summed E-state index contributed by atoms with van der Waals surface area (Å²) in [5.74, 6) is -2.55. The van der Waals surface area contributed by atoms with Crippen LogP contribution in [0.25, 0.3) is 11.3 Å². The minimum atomic E-state index is -5.13. The van der Waals surface area contributed by atoms with Crippen molar-refractivity contribution in [3.63, 3.8) is 0 Å². The Hall–Kier alpha value is -3.37. The van der Waals surface area contributed by atoms with Gasteiger partial charge in [0.2, 0.25) is 0 Å². The van der Waals surface area contributed by atoms with Gasteiger partial charge in [-0.3, -0.25) is 4.79 Å². The largest absolute Gasteiger partial charge is 0.454 e. The molecule has 0 bridgehead atoms. The van der Waals surface area contributed by atoms with Crippen LogP contribution in [-0.4, -0.2) is 5.91 Å². The van der Waals surface area contributed by atoms with Gasteiger partial charge in [0, 0.05) is 11.3 Å². The van der Waals surface area contributed by atoms with Crippen molar-refractivity contribution in [3.05, 3.63) is 77.0 Å². The summed E-state index contributed by atoms with van der Waals surface area (Å²) in [6.45, 7) is 0. The van der Waals surface area contributed by atoms with Gasteiger partial charge in [-0.2, -0.15) is 26.3 Å². The molecule has 0 fully saturated rings. The van der Waals surface area contributed by atoms with E-state index in [4.69, 9.17) is 4.42 Å². The van der Waals surface area contributed by atoms with Gasteiger partial charge in [-0.25, -0.2) is 8.78 Å². The Labute approximate surface area is 169 Å². The van der Waals surface area contributed by atoms with Crippen LogP contribution < -0.4 is 5.32 Å². The molecule has 3 aromatic rings. The Bertz CT molecular complexity index is 1050. The van der Waals surface area contributed by atoms with E-state index in [9.17, 15) is 39.9 Å². The van der Waals surface area contributed by atoms with Crippen molar-refractivity contribution in [1.29, 1.82) is 0 Å². The lowest BCUT2D eigenvalue weighted by molar-refractivity contribution is -0.143. The van der Waals surface area contributed by atoms with E-state index in [1.807, 2.05) is 5.32 Å². The average Bonchev–Trinajstić information content (AvgIpc) is 3.13. The van der Waals surface area contributed by atoms with Crippen LogP contribution >= 0.6 is 0 Å². The highest BCUT2D eigenvalue weighted by atomic mass is 19.4. The van der Waals surface area contributed by atoms with Crippen molar-refractivity contribution < 1.29 is 44.3 Å². The molecule has 0 aliphatic carbocycles. The first kappa shape index (κ1) is 22.3. The maximum Gasteiger partial charge on any atom is 0.416 e. The fraction of sp³-hybridized carbons (Fsp3) is 0.150. The molecule has 0 saturated carbocycles. The maximum absolute atomic E-state index is 13.3. The van der Waals surface area contributed by atoms with Crippen molar-refractivity contribution in [2.24, 2.45) is 0 Å². The number of rotatable bonds is 4. The summed E-state index contributed by atoms with van der Waals surface area (Å²) < 4.78 is 109. The SMILES string of the molecule is O=C(Nc1cc(C(F)(F)F)cc(C(F)(F)F)c1)c1cc(-c2ccccc2)oc1C(F)F. The third-order valence-corrected chi connectivity index (χ3v) is 4.11. The predicted octanol–water partition coefficient (Wildman–Crippen LogP) is 7.17. The van der Waals surface area contributed by atoms with Gasteiger partial charge in [0.25, 0.3) is 12.3 Å². The third kappa shape index (κ3) is 5.04. The molecule has 1 amide bonds. The van der Waals surface area contributed by atoms with Crippen LogP contribution in [0.4, 0.5) is 40.8 Å². The number of anilines is 1. The zero-order chi connectivity index (χ0) is 23.0. The van der Waals surface area contributed by atoms with E-state index in [0.29, 0.717) is 5.56 Å². The fourth-order valence-corrected chi connectivity index (χ4v) is 2.71. The van der Waals surface area contributed by atoms with Crippen molar-refractivity contribution in [1.82, 2.24) is 0 Å². The summed E-state index contributed by atoms with van der Waals surface area (Å²) in [5, 5.41) is 1.81. The topological polar surface area (TPSA) is 42.2 Å². The monoisotopic (exact) mass is 449 g/mol. The molecule has 3 nitrogen and oxygen atoms in total. The molecule has 0 aliphatic heterocycles. The summed E-state index contributed by atoms with van der Waals surface area (Å²) in [7, 11) is 0. The second-order valence-electron chi connectivity index (χ2n) is 6.30. The molecular formula is C20H11F8NO2. The van der Waals surface area contributed by atoms with E-state index in [-0.39, 0.29) is 24.0 Å². The average molecular weight is 449 g/mol. The van der Waals surface area contributed by atoms with Crippen LogP contribution in [0.3, 0.4) is 0 Å². The van der Waals surface area contributed by atoms with Crippen LogP contribution in [0, 0.1) is 0 Å². The number of furan rings is 1. The number of carbonyl (C=O) groups is 1. The van der Waals surface area contributed by atoms with Crippen molar-refractivity contribution >= 4 is 11.6 Å². The molecule has 3 rings (SSSR count). The molecule has 2 aromatic carbocycles. The van der Waals surface area contributed by atoms with Gasteiger partial charge in [-0.15, -0.1) is 0 Å². The Kier molecular flexibility index (Phi) is 5.79. The number of alkyl halides is 8. The standard InChI is InChI=1S/C20H11F8NO2/c21-17(22)16-14(9-15(31-16)10-4-2-1-3-5-10)18(30)29-13-7-11(19(23,24)25)6-12(8-13)20(26,27)28/h1-9,17H,(H,29,30). The van der Waals surface area contributed by atoms with Gasteiger partial charge in [0.05, 0.1) is 16.7 Å². The predicted molar refractivity (Wildman–Crippen MR) is 93.5 cm³/mol. The van der Waals surface area contributed by atoms with Gasteiger partial charge in [-0.05, 0) is 24.3 Å². The normalized spacial score (nSPS) is 12.3. The summed E-state index contributed by atoms with van der Waals surface area (Å²) in [6, 6.07) is 9.13. The van der Waals surface area contributed by atoms with Crippen LogP contribution in [0.1, 0.15) is 33.7 Å². The summed E-state index contributed by atoms with van der Waals surface area (Å²) in [6.07, 6.45) is -13.5. The smallest absolute Gasteiger partial charge is 0.416 e. The number of nitrogens with one attached hydrogen (secondary N) is 1. The third-order valence-electron chi connectivity index (χ3n) is 4.11. The molecule has 0 atom stereocenters. The summed E-state index contributed by atoms with van der Waals surface area (Å²) in [4.78, 5) is 12.4. The fourth-order valence-electron chi connectivity index (χ4n) is 2.71. The van der Waals surface area contributed by atoms with Gasteiger partial charge in [0.15, 0.2) is 5.76 Å². The van der Waals surface area contributed by atoms with E-state index >= 15 is 0 Å². The lowest BCUT2D eigenvalue weighted by Crippen LogP contribution is -2.16. The highest BCUT2D eigenvalue weighted by molar-refractivity contribution is 6.05. The van der Waals surface area contributed by atoms with Crippen molar-refractivity contribution in [2.75, 3.05) is 5.32 Å². The highest BCUT2D eigenvalue weighted by Gasteiger charge is 2.37. The number of benzene rings is 2. The Balaban J connectivity index is 2.01. The van der Waals surface area contributed by atoms with E-state index < -0.39 is 52.8 Å². The molecule has 1 N–H and O–H groups in total. The lowest BCUT2D eigenvalue weighted by Gasteiger charge is -2.14. The molecule has 1 aromatic heterocycles. The molecular weight excluding hydrogens is 438 g/mol. The van der Waals surface area contributed by atoms with E-state index in [1.165, 1.54) is 12.1 Å². The molecule has 11 heteroatoms. The highest BCUT2D eigenvalue weighted by Crippen LogP contribution is 2.38. The minimum Gasteiger partial charge on any atom is -0.454 e. The Morgan fingerprint density at radius 3 is 1.87 bits per heavy atom. The first-order chi connectivity index (χ1) is 14.4. The zero-order valence-corrected chi connectivity index (χ0v) is 15.1. The molecule has 1 heterocycles. The van der Waals surface area contributed by atoms with E-state index in [2.05, 4.69) is 0 Å². The number of hydrogen-bond donors (Lipinski definition) is 1. The zero-order valence-electron chi connectivity index (χ0n) is 15.1. The van der Waals surface area contributed by atoms with Gasteiger partial charge in [0.1, 0.15) is 5.76 Å². The van der Waals surface area contributed by atoms with Crippen LogP contribution in [0.5, 0.6) is 0 Å². The number of carbonyl (C=O) groups excluding carboxylic acids is 1. The molecule has 0 unspecified atom stereocenters. The number of hydrogen-bond acceptors (Lipinski definition) is 2. The molecule has 31 heavy (non-hydrogen) atoms. The minimum absolute atomic E-state index is 0.119. The second-order valence-corrected chi connectivity index (χ2v) is 6.30. The number of amides is 1. The van der Waals surface area contributed by atoms with Crippen molar-refractivity contribution in [2.45, 2.75) is 18.8 Å². The lowest BCUT2D eigenvalue weighted by atomic mass is 10.1. The van der Waals surface area contributed by atoms with Gasteiger partial charge < -0.3 is 9.73 Å². The van der Waals surface area contributed by atoms with E-state index in [0.717, 1.165) is 6.07 Å². The molecule has 0 spiro atoms. The van der Waals surface area contributed by atoms with Crippen LogP contribution in [0.15, 0.2) is 59.0 Å². The van der Waals surface area contributed by atoms with Gasteiger partial charge in [-0.1, -0.05) is 30.3 Å². The number of halogens is 8. The second kappa shape index (κ2) is 8.05. The summed E-state index contributed by atoms with van der Waals surface area (Å²) in [5.41, 5.74) is -4.58. The maximum atomic E-state index is 13.3. The van der Waals surface area contributed by atoms with E-state index in [1.54, 1.807) is 18.2 Å². The van der Waals surface area contributed by atoms with Crippen molar-refractivity contribution in [3.8, 4) is 11.3 Å². The first-order valence-corrected chi connectivity index (χ1v) is 8.44. The first-order valence-electron chi connectivity index (χ1n) is 8.44. The molecule has 0 aliphatic rings. The quantitative estimate of drug-likeness (QED) is 0.429. The van der Waals surface area contributed by atoms with Crippen LogP contribution in [0.2, 0.25) is 0 Å². The van der Waals surface area contributed by atoms with Crippen LogP contribution in [-0.2, 0) is 12.4 Å². The molecule has 164 valence electrons.